The molecule has 41 heavy (non-hydrogen) atoms. The van der Waals surface area contributed by atoms with Crippen LogP contribution in [0.15, 0.2) is 90.3 Å². The molecule has 2 aliphatic heterocycles. The third-order valence-electron chi connectivity index (χ3n) is 6.29. The number of carbonyl (C=O) groups is 2. The number of thioether (sulfide) groups is 1. The van der Waals surface area contributed by atoms with Crippen LogP contribution >= 0.6 is 47.0 Å². The molecule has 8 nitrogen and oxygen atoms in total. The normalized spacial score (nSPS) is 18.3. The van der Waals surface area contributed by atoms with Gasteiger partial charge in [0.1, 0.15) is 12.5 Å². The highest BCUT2D eigenvalue weighted by molar-refractivity contribution is 14.1. The van der Waals surface area contributed by atoms with Crippen molar-refractivity contribution < 1.29 is 19.1 Å². The standard InChI is InChI=1S/C15H16N2O2S.C8H11IN2O.C7H6OS/c18-15(12-6-2-1-3-7-12)20-13-10-16-17(11-13)14-8-4-5-9-19-14;9-7-5-10-11(6-7)8-3-1-2-4-12-8;8-7(9)6-4-2-1-3-5-6/h1-3,6-7,10-11,14H,4-5,8-9H2;5-6,8H,1-4H2;1-5H,(H,8,9). The van der Waals surface area contributed by atoms with Gasteiger partial charge in [-0.3, -0.25) is 9.59 Å². The SMILES string of the molecule is Ic1cnn(C2CCCCO2)c1.O=C(S)c1ccccc1.O=C(Sc1cnn(C2CCCCO2)c1)c1ccccc1. The third-order valence-corrected chi connectivity index (χ3v) is 7.97. The Kier molecular flexibility index (Phi) is 12.9. The van der Waals surface area contributed by atoms with E-state index in [0.717, 1.165) is 43.8 Å². The average Bonchev–Trinajstić information content (AvgIpc) is 3.69. The molecule has 2 saturated heterocycles. The van der Waals surface area contributed by atoms with Crippen molar-refractivity contribution in [3.05, 3.63) is 100 Å². The van der Waals surface area contributed by atoms with Gasteiger partial charge in [0.05, 0.1) is 20.9 Å². The van der Waals surface area contributed by atoms with Gasteiger partial charge in [-0.2, -0.15) is 10.2 Å². The van der Waals surface area contributed by atoms with E-state index in [2.05, 4.69) is 45.4 Å². The lowest BCUT2D eigenvalue weighted by Gasteiger charge is -2.22. The number of carbonyl (C=O) groups excluding carboxylic acids is 2. The summed E-state index contributed by atoms with van der Waals surface area (Å²) < 4.78 is 16.2. The van der Waals surface area contributed by atoms with Crippen molar-refractivity contribution >= 4 is 57.2 Å². The molecule has 0 radical (unpaired) electrons. The first kappa shape index (κ1) is 31.5. The van der Waals surface area contributed by atoms with E-state index in [1.165, 1.54) is 28.2 Å². The summed E-state index contributed by atoms with van der Waals surface area (Å²) in [7, 11) is 0. The summed E-state index contributed by atoms with van der Waals surface area (Å²) >= 11 is 7.11. The fourth-order valence-electron chi connectivity index (χ4n) is 4.19. The predicted molar refractivity (Wildman–Crippen MR) is 171 cm³/mol. The molecule has 0 N–H and O–H groups in total. The number of hydrogen-bond acceptors (Lipinski definition) is 7. The first-order chi connectivity index (χ1) is 20.0. The molecule has 2 unspecified atom stereocenters. The number of ether oxygens (including phenoxy) is 2. The van der Waals surface area contributed by atoms with Crippen LogP contribution in [0.1, 0.15) is 71.7 Å². The lowest BCUT2D eigenvalue weighted by Crippen LogP contribution is -2.18. The maximum absolute atomic E-state index is 12.1. The van der Waals surface area contributed by atoms with Gasteiger partial charge in [-0.25, -0.2) is 9.36 Å². The van der Waals surface area contributed by atoms with E-state index in [1.807, 2.05) is 76.5 Å². The highest BCUT2D eigenvalue weighted by atomic mass is 127. The molecule has 2 atom stereocenters. The molecule has 2 aromatic heterocycles. The fraction of sp³-hybridized carbons (Fsp3) is 0.333. The van der Waals surface area contributed by atoms with Crippen LogP contribution in [0.2, 0.25) is 0 Å². The van der Waals surface area contributed by atoms with E-state index in [0.29, 0.717) is 11.1 Å². The maximum Gasteiger partial charge on any atom is 0.224 e. The van der Waals surface area contributed by atoms with Crippen LogP contribution in [0.25, 0.3) is 0 Å². The third kappa shape index (κ3) is 10.4. The minimum absolute atomic E-state index is 0.0185. The predicted octanol–water partition coefficient (Wildman–Crippen LogP) is 7.46. The van der Waals surface area contributed by atoms with Gasteiger partial charge >= 0.3 is 0 Å². The summed E-state index contributed by atoms with van der Waals surface area (Å²) in [4.78, 5) is 23.5. The Morgan fingerprint density at radius 2 is 1.32 bits per heavy atom. The van der Waals surface area contributed by atoms with Crippen LogP contribution in [0.3, 0.4) is 0 Å². The Balaban J connectivity index is 0.000000156. The van der Waals surface area contributed by atoms with Crippen molar-refractivity contribution in [2.24, 2.45) is 0 Å². The largest absolute Gasteiger partial charge is 0.357 e. The van der Waals surface area contributed by atoms with Gasteiger partial charge in [0.2, 0.25) is 10.2 Å². The zero-order chi connectivity index (χ0) is 28.9. The molecule has 0 bridgehead atoms. The van der Waals surface area contributed by atoms with Gasteiger partial charge in [0.25, 0.3) is 0 Å². The molecule has 0 spiro atoms. The molecule has 4 heterocycles. The van der Waals surface area contributed by atoms with Gasteiger partial charge in [0.15, 0.2) is 0 Å². The number of hydrogen-bond donors (Lipinski definition) is 1. The van der Waals surface area contributed by atoms with Crippen LogP contribution in [-0.4, -0.2) is 43.0 Å². The van der Waals surface area contributed by atoms with Gasteiger partial charge in [-0.1, -0.05) is 60.7 Å². The lowest BCUT2D eigenvalue weighted by atomic mass is 10.2. The topological polar surface area (TPSA) is 88.2 Å². The summed E-state index contributed by atoms with van der Waals surface area (Å²) in [6.45, 7) is 1.66. The van der Waals surface area contributed by atoms with E-state index in [1.54, 1.807) is 18.3 Å². The van der Waals surface area contributed by atoms with Crippen LogP contribution in [0.5, 0.6) is 0 Å². The molecule has 0 saturated carbocycles. The molecule has 0 aliphatic carbocycles. The van der Waals surface area contributed by atoms with Crippen molar-refractivity contribution in [2.75, 3.05) is 13.2 Å². The number of thiol groups is 1. The first-order valence-electron chi connectivity index (χ1n) is 13.5. The van der Waals surface area contributed by atoms with Crippen LogP contribution in [-0.2, 0) is 9.47 Å². The van der Waals surface area contributed by atoms with Crippen molar-refractivity contribution in [3.8, 4) is 0 Å². The van der Waals surface area contributed by atoms with E-state index in [9.17, 15) is 9.59 Å². The Hall–Kier alpha value is -2.45. The fourth-order valence-corrected chi connectivity index (χ4v) is 5.48. The van der Waals surface area contributed by atoms with Crippen molar-refractivity contribution in [1.82, 2.24) is 19.6 Å². The molecule has 0 amide bonds. The molecule has 4 aromatic rings. The van der Waals surface area contributed by atoms with E-state index in [-0.39, 0.29) is 22.7 Å². The van der Waals surface area contributed by atoms with E-state index >= 15 is 0 Å². The number of rotatable bonds is 5. The summed E-state index contributed by atoms with van der Waals surface area (Å²) in [6.07, 6.45) is 14.5. The summed E-state index contributed by atoms with van der Waals surface area (Å²) in [5, 5.41) is 8.38. The smallest absolute Gasteiger partial charge is 0.224 e. The number of nitrogens with zero attached hydrogens (tertiary/aromatic N) is 4. The lowest BCUT2D eigenvalue weighted by molar-refractivity contribution is -0.0396. The number of aromatic nitrogens is 4. The zero-order valence-electron chi connectivity index (χ0n) is 22.5. The first-order valence-corrected chi connectivity index (χ1v) is 15.9. The molecule has 2 fully saturated rings. The van der Waals surface area contributed by atoms with Gasteiger partial charge < -0.3 is 9.47 Å². The highest BCUT2D eigenvalue weighted by Crippen LogP contribution is 2.27. The maximum atomic E-state index is 12.1. The molecular weight excluding hydrogens is 671 g/mol. The average molecular weight is 705 g/mol. The Morgan fingerprint density at radius 1 is 0.780 bits per heavy atom. The molecule has 11 heteroatoms. The van der Waals surface area contributed by atoms with E-state index < -0.39 is 0 Å². The Labute approximate surface area is 263 Å². The van der Waals surface area contributed by atoms with Gasteiger partial charge in [0, 0.05) is 36.7 Å². The second-order valence-electron chi connectivity index (χ2n) is 9.36. The quantitative estimate of drug-likeness (QED) is 0.131. The molecule has 2 aliphatic rings. The van der Waals surface area contributed by atoms with E-state index in [4.69, 9.17) is 9.47 Å². The molecule has 216 valence electrons. The van der Waals surface area contributed by atoms with Crippen LogP contribution in [0, 0.1) is 3.57 Å². The Bertz CT molecular complexity index is 1360. The second-order valence-corrected chi connectivity index (χ2v) is 12.1. The monoisotopic (exact) mass is 704 g/mol. The summed E-state index contributed by atoms with van der Waals surface area (Å²) in [5.74, 6) is 0. The second kappa shape index (κ2) is 16.9. The molecule has 6 rings (SSSR count). The summed E-state index contributed by atoms with van der Waals surface area (Å²) in [6, 6.07) is 18.2. The number of halogens is 1. The van der Waals surface area contributed by atoms with Crippen LogP contribution < -0.4 is 0 Å². The molecule has 2 aromatic carbocycles. The van der Waals surface area contributed by atoms with Crippen molar-refractivity contribution in [3.63, 3.8) is 0 Å². The van der Waals surface area contributed by atoms with Gasteiger partial charge in [-0.15, -0.1) is 12.6 Å². The Morgan fingerprint density at radius 3 is 1.78 bits per heavy atom. The van der Waals surface area contributed by atoms with Crippen molar-refractivity contribution in [2.45, 2.75) is 55.9 Å². The number of benzene rings is 2. The zero-order valence-corrected chi connectivity index (χ0v) is 26.4. The minimum atomic E-state index is -0.185. The summed E-state index contributed by atoms with van der Waals surface area (Å²) in [5.41, 5.74) is 1.35. The molecular formula is C30H33IN4O4S2. The highest BCUT2D eigenvalue weighted by Gasteiger charge is 2.18. The minimum Gasteiger partial charge on any atom is -0.357 e. The van der Waals surface area contributed by atoms with Crippen molar-refractivity contribution in [1.29, 1.82) is 0 Å². The van der Waals surface area contributed by atoms with Crippen LogP contribution in [0.4, 0.5) is 0 Å². The van der Waals surface area contributed by atoms with Gasteiger partial charge in [-0.05, 0) is 72.9 Å².